The third-order valence-electron chi connectivity index (χ3n) is 9.11. The quantitative estimate of drug-likeness (QED) is 0.124. The van der Waals surface area contributed by atoms with E-state index in [1.54, 1.807) is 0 Å². The number of hydrogen-bond donors (Lipinski definition) is 0. The van der Waals surface area contributed by atoms with Gasteiger partial charge in [0.05, 0.1) is 0 Å². The van der Waals surface area contributed by atoms with E-state index in [0.717, 1.165) is 29.0 Å². The van der Waals surface area contributed by atoms with Crippen LogP contribution in [0, 0.1) is 32.7 Å². The number of para-hydroxylation sites is 1. The van der Waals surface area contributed by atoms with Gasteiger partial charge in [-0.1, -0.05) is 114 Å². The zero-order chi connectivity index (χ0) is 43.0. The fourth-order valence-electron chi connectivity index (χ4n) is 6.47. The number of aromatic nitrogens is 2. The Balaban J connectivity index is 0.000000240. The third-order valence-corrected chi connectivity index (χ3v) is 9.11. The maximum atomic E-state index is 7.54. The van der Waals surface area contributed by atoms with Gasteiger partial charge in [0.25, 0.3) is 0 Å². The van der Waals surface area contributed by atoms with Crippen LogP contribution in [0.25, 0.3) is 22.5 Å². The molecule has 2 aromatic heterocycles. The Morgan fingerprint density at radius 3 is 2.08 bits per heavy atom. The molecule has 3 nitrogen and oxygen atoms in total. The molecule has 5 heteroatoms. The first-order valence-electron chi connectivity index (χ1n) is 21.6. The monoisotopic (exact) mass is 856 g/mol. The number of nitrogens with zero attached hydrogens (tertiary/aromatic N) is 2. The van der Waals surface area contributed by atoms with Gasteiger partial charge in [-0.3, -0.25) is 0 Å². The summed E-state index contributed by atoms with van der Waals surface area (Å²) in [5.74, 6) is 3.08. The topological polar surface area (TPSA) is 35.0 Å². The van der Waals surface area contributed by atoms with E-state index in [0.29, 0.717) is 23.3 Å². The molecular weight excluding hydrogens is 800 g/mol. The van der Waals surface area contributed by atoms with Gasteiger partial charge in [0.2, 0.25) is 6.71 Å². The minimum atomic E-state index is -2.61. The molecule has 0 amide bonds. The molecule has 0 fully saturated rings. The van der Waals surface area contributed by atoms with Gasteiger partial charge >= 0.3 is 0 Å². The Bertz CT molecular complexity index is 2400. The summed E-state index contributed by atoms with van der Waals surface area (Å²) < 4.78 is 73.5. The fourth-order valence-corrected chi connectivity index (χ4v) is 6.47. The first kappa shape index (κ1) is 27.4. The molecule has 0 saturated carbocycles. The molecule has 1 radical (unpaired) electrons. The minimum absolute atomic E-state index is 0. The summed E-state index contributed by atoms with van der Waals surface area (Å²) in [4.78, 5) is 8.62. The maximum absolute atomic E-state index is 7.54. The number of hydrogen-bond acceptors (Lipinski definition) is 3. The maximum Gasteiger partial charge on any atom is 0.232 e. The van der Waals surface area contributed by atoms with Crippen LogP contribution in [0.3, 0.4) is 0 Å². The van der Waals surface area contributed by atoms with Crippen LogP contribution in [0.2, 0.25) is 0 Å². The number of ether oxygens (including phenoxy) is 1. The van der Waals surface area contributed by atoms with Crippen molar-refractivity contribution in [2.24, 2.45) is 0 Å². The van der Waals surface area contributed by atoms with Crippen LogP contribution in [-0.4, -0.2) is 16.7 Å². The molecule has 1 aliphatic rings. The zero-order valence-corrected chi connectivity index (χ0v) is 32.2. The normalized spacial score (nSPS) is 15.1. The molecule has 4 aromatic carbocycles. The van der Waals surface area contributed by atoms with Crippen LogP contribution in [0.1, 0.15) is 105 Å². The summed E-state index contributed by atoms with van der Waals surface area (Å²) in [5.41, 5.74) is 9.96. The molecule has 0 unspecified atom stereocenters. The van der Waals surface area contributed by atoms with Crippen molar-refractivity contribution in [3.63, 3.8) is 0 Å². The number of benzene rings is 4. The number of aryl methyl sites for hydroxylation is 3. The average Bonchev–Trinajstić information content (AvgIpc) is 3.18. The largest absolute Gasteiger partial charge is 0.503 e. The Labute approximate surface area is 332 Å². The van der Waals surface area contributed by atoms with E-state index in [1.165, 1.54) is 57.3 Å². The number of pyridine rings is 2. The summed E-state index contributed by atoms with van der Waals surface area (Å²) in [7, 11) is 0. The van der Waals surface area contributed by atoms with Crippen LogP contribution in [0.4, 0.5) is 0 Å². The van der Waals surface area contributed by atoms with Crippen molar-refractivity contribution in [1.82, 2.24) is 9.97 Å². The molecule has 6 aromatic rings. The van der Waals surface area contributed by atoms with Crippen LogP contribution < -0.4 is 21.1 Å². The smallest absolute Gasteiger partial charge is 0.232 e. The molecule has 0 saturated heterocycles. The van der Waals surface area contributed by atoms with E-state index < -0.39 is 20.6 Å². The molecule has 7 rings (SSSR count). The molecule has 0 aliphatic carbocycles. The summed E-state index contributed by atoms with van der Waals surface area (Å²) in [5, 5.41) is 0. The zero-order valence-electron chi connectivity index (χ0n) is 38.8. The molecule has 3 heterocycles. The first-order chi connectivity index (χ1) is 27.7. The molecular formula is C46H47BIrN2O-2. The van der Waals surface area contributed by atoms with Gasteiger partial charge in [0.15, 0.2) is 0 Å². The molecule has 1 aliphatic heterocycles. The molecule has 0 atom stereocenters. The predicted molar refractivity (Wildman–Crippen MR) is 211 cm³/mol. The second-order valence-corrected chi connectivity index (χ2v) is 13.6. The Morgan fingerprint density at radius 1 is 0.706 bits per heavy atom. The van der Waals surface area contributed by atoms with Gasteiger partial charge in [-0.25, -0.2) is 0 Å². The van der Waals surface area contributed by atoms with Crippen molar-refractivity contribution in [2.75, 3.05) is 0 Å². The SMILES string of the molecule is CC(C)c1cc(C(C)C)c(B2c3ccccc3Oc3c(-c4ccccn4)[c-]ccc32)c(C(C)C)c1.[2H]C([2H])([2H])c1c[c-]c(-c2cc(C([2H])([2H])[2H])c(C([2H])([2H])[2H])cn2)cc1.[Ir]. The Morgan fingerprint density at radius 2 is 1.45 bits per heavy atom. The minimum Gasteiger partial charge on any atom is -0.503 e. The van der Waals surface area contributed by atoms with E-state index in [4.69, 9.17) is 17.1 Å². The summed E-state index contributed by atoms with van der Waals surface area (Å²) >= 11 is 0. The van der Waals surface area contributed by atoms with Gasteiger partial charge < -0.3 is 14.7 Å². The van der Waals surface area contributed by atoms with Crippen LogP contribution in [0.5, 0.6) is 11.5 Å². The van der Waals surface area contributed by atoms with Crippen LogP contribution in [-0.2, 0) is 20.1 Å². The first-order valence-corrected chi connectivity index (χ1v) is 17.1. The van der Waals surface area contributed by atoms with Crippen molar-refractivity contribution in [3.8, 4) is 34.0 Å². The van der Waals surface area contributed by atoms with Gasteiger partial charge in [-0.2, -0.15) is 0 Å². The average molecular weight is 856 g/mol. The predicted octanol–water partition coefficient (Wildman–Crippen LogP) is 10.0. The summed E-state index contributed by atoms with van der Waals surface area (Å²) in [6.45, 7) is 6.46. The van der Waals surface area contributed by atoms with Gasteiger partial charge in [-0.15, -0.1) is 59.1 Å². The van der Waals surface area contributed by atoms with Crippen molar-refractivity contribution in [1.29, 1.82) is 0 Å². The molecule has 0 bridgehead atoms. The third kappa shape index (κ3) is 8.11. The number of rotatable bonds is 6. The van der Waals surface area contributed by atoms with Crippen molar-refractivity contribution in [2.45, 2.75) is 79.9 Å². The summed E-state index contributed by atoms with van der Waals surface area (Å²) in [6, 6.07) is 35.1. The second kappa shape index (κ2) is 16.4. The van der Waals surface area contributed by atoms with E-state index >= 15 is 0 Å². The van der Waals surface area contributed by atoms with Crippen LogP contribution >= 0.6 is 0 Å². The van der Waals surface area contributed by atoms with E-state index in [2.05, 4.69) is 106 Å². The second-order valence-electron chi connectivity index (χ2n) is 13.6. The van der Waals surface area contributed by atoms with E-state index in [-0.39, 0.29) is 49.2 Å². The molecule has 0 N–H and O–H groups in total. The van der Waals surface area contributed by atoms with Crippen LogP contribution in [0.15, 0.2) is 103 Å². The van der Waals surface area contributed by atoms with Crippen molar-refractivity contribution in [3.05, 3.63) is 149 Å². The van der Waals surface area contributed by atoms with Gasteiger partial charge in [0.1, 0.15) is 5.75 Å². The standard InChI is InChI=1S/C32H33BNO.C14H14N.Ir/c1-20(2)23-18-25(21(3)4)31(26(19-23)22(5)6)33-27-13-7-8-16-30(27)35-32-24(12-11-14-28(32)33)29-15-9-10-17-34-29;1-10-4-6-13(7-5-10)14-8-11(2)12(3)9-15-14;/h7-11,13-22H,1-6H3;4-6,8-9H,1-3H3;/q2*-1;/i;1D3,2D3,3D3;. The van der Waals surface area contributed by atoms with Gasteiger partial charge in [-0.05, 0) is 82.7 Å². The van der Waals surface area contributed by atoms with E-state index in [1.807, 2.05) is 30.5 Å². The summed E-state index contributed by atoms with van der Waals surface area (Å²) in [6.07, 6.45) is 2.85. The Kier molecular flexibility index (Phi) is 8.78. The van der Waals surface area contributed by atoms with Crippen molar-refractivity contribution < 1.29 is 37.2 Å². The molecule has 0 spiro atoms. The Hall–Kier alpha value is -4.31. The van der Waals surface area contributed by atoms with Gasteiger partial charge in [0, 0.05) is 50.6 Å². The van der Waals surface area contributed by atoms with E-state index in [9.17, 15) is 0 Å². The number of fused-ring (bicyclic) bond motifs is 2. The molecule has 261 valence electrons. The van der Waals surface area contributed by atoms with Crippen molar-refractivity contribution >= 4 is 23.1 Å². The molecule has 51 heavy (non-hydrogen) atoms. The fraction of sp³-hybridized carbons (Fsp3) is 0.261.